The molecule has 0 aliphatic carbocycles. The third-order valence-corrected chi connectivity index (χ3v) is 2.66. The first-order valence-electron chi connectivity index (χ1n) is 5.38. The maximum absolute atomic E-state index is 13.6. The first kappa shape index (κ1) is 14.2. The number of carbonyl (C=O) groups is 2. The molecule has 98 valence electrons. The lowest BCUT2D eigenvalue weighted by Crippen LogP contribution is -2.27. The number of ketones is 1. The molecule has 1 rings (SSSR count). The van der Waals surface area contributed by atoms with Crippen LogP contribution in [-0.4, -0.2) is 24.0 Å². The summed E-state index contributed by atoms with van der Waals surface area (Å²) in [5.41, 5.74) is -1.34. The van der Waals surface area contributed by atoms with E-state index in [2.05, 4.69) is 0 Å². The van der Waals surface area contributed by atoms with Gasteiger partial charge in [-0.1, -0.05) is 0 Å². The standard InChI is InChI=1S/C13H15FO4/c1-13(2,12(16)17)7-11(15)9-5-4-8(18-3)6-10(9)14/h4-6H,7H2,1-3H3,(H,16,17). The molecule has 0 aliphatic rings. The van der Waals surface area contributed by atoms with Crippen LogP contribution in [0.1, 0.15) is 30.6 Å². The second kappa shape index (κ2) is 5.16. The number of ether oxygens (including phenoxy) is 1. The lowest BCUT2D eigenvalue weighted by atomic mass is 9.85. The van der Waals surface area contributed by atoms with Gasteiger partial charge in [-0.05, 0) is 26.0 Å². The second-order valence-corrected chi connectivity index (χ2v) is 4.63. The Morgan fingerprint density at radius 2 is 2.00 bits per heavy atom. The molecule has 0 saturated heterocycles. The zero-order chi connectivity index (χ0) is 13.9. The average molecular weight is 254 g/mol. The molecule has 1 aromatic rings. The molecule has 1 N–H and O–H groups in total. The quantitative estimate of drug-likeness (QED) is 0.820. The van der Waals surface area contributed by atoms with Crippen molar-refractivity contribution in [1.82, 2.24) is 0 Å². The summed E-state index contributed by atoms with van der Waals surface area (Å²) < 4.78 is 18.4. The van der Waals surface area contributed by atoms with Gasteiger partial charge in [0.05, 0.1) is 18.1 Å². The maximum atomic E-state index is 13.6. The van der Waals surface area contributed by atoms with Crippen LogP contribution in [0.25, 0.3) is 0 Å². The van der Waals surface area contributed by atoms with Crippen molar-refractivity contribution in [2.24, 2.45) is 5.41 Å². The number of carboxylic acid groups (broad SMARTS) is 1. The topological polar surface area (TPSA) is 63.6 Å². The summed E-state index contributed by atoms with van der Waals surface area (Å²) in [5.74, 6) is -2.03. The predicted molar refractivity (Wildman–Crippen MR) is 63.3 cm³/mol. The number of hydrogen-bond acceptors (Lipinski definition) is 3. The number of carboxylic acids is 1. The third kappa shape index (κ3) is 3.06. The fraction of sp³-hybridized carbons (Fsp3) is 0.385. The van der Waals surface area contributed by atoms with Gasteiger partial charge in [-0.2, -0.15) is 0 Å². The molecule has 0 bridgehead atoms. The Morgan fingerprint density at radius 3 is 2.44 bits per heavy atom. The van der Waals surface area contributed by atoms with E-state index in [0.717, 1.165) is 6.07 Å². The van der Waals surface area contributed by atoms with Crippen LogP contribution < -0.4 is 4.74 Å². The maximum Gasteiger partial charge on any atom is 0.309 e. The van der Waals surface area contributed by atoms with Crippen LogP contribution >= 0.6 is 0 Å². The van der Waals surface area contributed by atoms with E-state index in [1.807, 2.05) is 0 Å². The molecular formula is C13H15FO4. The van der Waals surface area contributed by atoms with Crippen LogP contribution in [0.3, 0.4) is 0 Å². The molecule has 4 nitrogen and oxygen atoms in total. The molecule has 0 heterocycles. The van der Waals surface area contributed by atoms with Crippen molar-refractivity contribution in [1.29, 1.82) is 0 Å². The Bertz CT molecular complexity index is 480. The molecule has 18 heavy (non-hydrogen) atoms. The van der Waals surface area contributed by atoms with E-state index in [1.54, 1.807) is 0 Å². The first-order valence-corrected chi connectivity index (χ1v) is 5.38. The summed E-state index contributed by atoms with van der Waals surface area (Å²) in [6.45, 7) is 2.85. The minimum absolute atomic E-state index is 0.120. The highest BCUT2D eigenvalue weighted by Gasteiger charge is 2.31. The highest BCUT2D eigenvalue weighted by atomic mass is 19.1. The van der Waals surface area contributed by atoms with Crippen molar-refractivity contribution in [3.05, 3.63) is 29.6 Å². The normalized spacial score (nSPS) is 11.1. The van der Waals surface area contributed by atoms with Gasteiger partial charge >= 0.3 is 5.97 Å². The van der Waals surface area contributed by atoms with Gasteiger partial charge in [0.2, 0.25) is 0 Å². The van der Waals surface area contributed by atoms with E-state index in [0.29, 0.717) is 5.75 Å². The van der Waals surface area contributed by atoms with E-state index in [9.17, 15) is 14.0 Å². The molecule has 0 aromatic heterocycles. The Balaban J connectivity index is 2.95. The molecular weight excluding hydrogens is 239 g/mol. The Labute approximate surface area is 104 Å². The van der Waals surface area contributed by atoms with Gasteiger partial charge in [-0.3, -0.25) is 9.59 Å². The number of aliphatic carboxylic acids is 1. The van der Waals surface area contributed by atoms with Gasteiger partial charge in [0.25, 0.3) is 0 Å². The molecule has 0 atom stereocenters. The number of carbonyl (C=O) groups excluding carboxylic acids is 1. The molecule has 5 heteroatoms. The van der Waals surface area contributed by atoms with Crippen molar-refractivity contribution in [2.75, 3.05) is 7.11 Å². The average Bonchev–Trinajstić information content (AvgIpc) is 2.27. The van der Waals surface area contributed by atoms with E-state index in [-0.39, 0.29) is 12.0 Å². The van der Waals surface area contributed by atoms with Gasteiger partial charge < -0.3 is 9.84 Å². The molecule has 0 spiro atoms. The van der Waals surface area contributed by atoms with Crippen LogP contribution in [0.2, 0.25) is 0 Å². The van der Waals surface area contributed by atoms with Crippen LogP contribution in [0, 0.1) is 11.2 Å². The predicted octanol–water partition coefficient (Wildman–Crippen LogP) is 2.52. The number of benzene rings is 1. The molecule has 0 unspecified atom stereocenters. The summed E-state index contributed by atoms with van der Waals surface area (Å²) >= 11 is 0. The van der Waals surface area contributed by atoms with Crippen LogP contribution in [-0.2, 0) is 4.79 Å². The van der Waals surface area contributed by atoms with E-state index >= 15 is 0 Å². The monoisotopic (exact) mass is 254 g/mol. The number of methoxy groups -OCH3 is 1. The van der Waals surface area contributed by atoms with Crippen molar-refractivity contribution in [2.45, 2.75) is 20.3 Å². The van der Waals surface area contributed by atoms with Gasteiger partial charge in [-0.15, -0.1) is 0 Å². The third-order valence-electron chi connectivity index (χ3n) is 2.66. The molecule has 0 radical (unpaired) electrons. The SMILES string of the molecule is COc1ccc(C(=O)CC(C)(C)C(=O)O)c(F)c1. The number of halogens is 1. The van der Waals surface area contributed by atoms with E-state index < -0.39 is 23.0 Å². The van der Waals surface area contributed by atoms with Crippen molar-refractivity contribution in [3.8, 4) is 5.75 Å². The number of hydrogen-bond donors (Lipinski definition) is 1. The highest BCUT2D eigenvalue weighted by molar-refractivity contribution is 5.99. The molecule has 1 aromatic carbocycles. The molecule has 0 aliphatic heterocycles. The summed E-state index contributed by atoms with van der Waals surface area (Å²) in [4.78, 5) is 22.7. The van der Waals surface area contributed by atoms with Crippen molar-refractivity contribution < 1.29 is 23.8 Å². The van der Waals surface area contributed by atoms with E-state index in [4.69, 9.17) is 9.84 Å². The summed E-state index contributed by atoms with van der Waals surface area (Å²) in [6, 6.07) is 3.86. The largest absolute Gasteiger partial charge is 0.497 e. The summed E-state index contributed by atoms with van der Waals surface area (Å²) in [7, 11) is 1.39. The lowest BCUT2D eigenvalue weighted by molar-refractivity contribution is -0.146. The first-order chi connectivity index (χ1) is 8.27. The number of Topliss-reactive ketones (excluding diaryl/α,β-unsaturated/α-hetero) is 1. The molecule has 0 fully saturated rings. The number of rotatable bonds is 5. The van der Waals surface area contributed by atoms with Crippen LogP contribution in [0.5, 0.6) is 5.75 Å². The van der Waals surface area contributed by atoms with Crippen molar-refractivity contribution in [3.63, 3.8) is 0 Å². The van der Waals surface area contributed by atoms with E-state index in [1.165, 1.54) is 33.1 Å². The lowest BCUT2D eigenvalue weighted by Gasteiger charge is -2.18. The van der Waals surface area contributed by atoms with Gasteiger partial charge in [0, 0.05) is 12.5 Å². The van der Waals surface area contributed by atoms with Crippen LogP contribution in [0.4, 0.5) is 4.39 Å². The Morgan fingerprint density at radius 1 is 1.39 bits per heavy atom. The fourth-order valence-electron chi connectivity index (χ4n) is 1.42. The molecule has 0 saturated carbocycles. The fourth-order valence-corrected chi connectivity index (χ4v) is 1.42. The summed E-state index contributed by atoms with van der Waals surface area (Å²) in [6.07, 6.45) is -0.258. The Hall–Kier alpha value is -1.91. The highest BCUT2D eigenvalue weighted by Crippen LogP contribution is 2.25. The summed E-state index contributed by atoms with van der Waals surface area (Å²) in [5, 5.41) is 8.92. The minimum atomic E-state index is -1.22. The van der Waals surface area contributed by atoms with Crippen LogP contribution in [0.15, 0.2) is 18.2 Å². The Kier molecular flexibility index (Phi) is 4.06. The molecule has 0 amide bonds. The minimum Gasteiger partial charge on any atom is -0.497 e. The van der Waals surface area contributed by atoms with Crippen molar-refractivity contribution >= 4 is 11.8 Å². The second-order valence-electron chi connectivity index (χ2n) is 4.63. The van der Waals surface area contributed by atoms with Gasteiger partial charge in [0.1, 0.15) is 11.6 Å². The smallest absolute Gasteiger partial charge is 0.309 e. The van der Waals surface area contributed by atoms with Gasteiger partial charge in [-0.25, -0.2) is 4.39 Å². The van der Waals surface area contributed by atoms with Gasteiger partial charge in [0.15, 0.2) is 5.78 Å². The zero-order valence-electron chi connectivity index (χ0n) is 10.5. The zero-order valence-corrected chi connectivity index (χ0v) is 10.5.